The molecule has 3 aromatic rings. The lowest BCUT2D eigenvalue weighted by Gasteiger charge is -2.01. The molecule has 0 unspecified atom stereocenters. The SMILES string of the molecule is O=c1[nH]c2ccc(Br)cc2nc1-c1cccs1. The molecule has 0 spiro atoms. The second-order valence-corrected chi connectivity index (χ2v) is 5.42. The summed E-state index contributed by atoms with van der Waals surface area (Å²) < 4.78 is 0.946. The van der Waals surface area contributed by atoms with Crippen LogP contribution in [0.2, 0.25) is 0 Å². The van der Waals surface area contributed by atoms with Crippen molar-refractivity contribution < 1.29 is 0 Å². The van der Waals surface area contributed by atoms with Gasteiger partial charge in [-0.1, -0.05) is 22.0 Å². The standard InChI is InChI=1S/C12H7BrN2OS/c13-7-3-4-8-9(6-7)14-11(12(16)15-8)10-2-1-5-17-10/h1-6H,(H,15,16). The summed E-state index contributed by atoms with van der Waals surface area (Å²) in [4.78, 5) is 20.0. The molecular weight excluding hydrogens is 300 g/mol. The topological polar surface area (TPSA) is 45.8 Å². The predicted molar refractivity (Wildman–Crippen MR) is 73.4 cm³/mol. The molecular formula is C12H7BrN2OS. The summed E-state index contributed by atoms with van der Waals surface area (Å²) in [5, 5.41) is 1.93. The molecule has 0 aliphatic carbocycles. The average Bonchev–Trinajstić information content (AvgIpc) is 2.82. The number of rotatable bonds is 1. The Balaban J connectivity index is 2.33. The normalized spacial score (nSPS) is 10.9. The van der Waals surface area contributed by atoms with Crippen LogP contribution in [0, 0.1) is 0 Å². The van der Waals surface area contributed by atoms with Gasteiger partial charge in [-0.05, 0) is 29.6 Å². The molecule has 84 valence electrons. The van der Waals surface area contributed by atoms with Crippen LogP contribution in [0.5, 0.6) is 0 Å². The van der Waals surface area contributed by atoms with E-state index in [2.05, 4.69) is 25.9 Å². The zero-order valence-electron chi connectivity index (χ0n) is 8.61. The maximum Gasteiger partial charge on any atom is 0.275 e. The van der Waals surface area contributed by atoms with Gasteiger partial charge < -0.3 is 4.98 Å². The summed E-state index contributed by atoms with van der Waals surface area (Å²) in [5.74, 6) is 0. The number of aromatic amines is 1. The van der Waals surface area contributed by atoms with Crippen molar-refractivity contribution in [3.05, 3.63) is 50.5 Å². The second-order valence-electron chi connectivity index (χ2n) is 3.55. The van der Waals surface area contributed by atoms with Gasteiger partial charge in [-0.3, -0.25) is 4.79 Å². The molecule has 0 saturated carbocycles. The molecule has 0 saturated heterocycles. The van der Waals surface area contributed by atoms with E-state index in [1.54, 1.807) is 0 Å². The van der Waals surface area contributed by atoms with Crippen LogP contribution in [0.1, 0.15) is 0 Å². The van der Waals surface area contributed by atoms with Crippen LogP contribution in [0.25, 0.3) is 21.6 Å². The molecule has 2 aromatic heterocycles. The number of H-pyrrole nitrogens is 1. The van der Waals surface area contributed by atoms with Crippen molar-refractivity contribution in [1.82, 2.24) is 9.97 Å². The van der Waals surface area contributed by atoms with Crippen LogP contribution in [0.3, 0.4) is 0 Å². The van der Waals surface area contributed by atoms with Gasteiger partial charge in [-0.2, -0.15) is 0 Å². The van der Waals surface area contributed by atoms with E-state index in [1.807, 2.05) is 35.7 Å². The van der Waals surface area contributed by atoms with Crippen LogP contribution in [-0.2, 0) is 0 Å². The van der Waals surface area contributed by atoms with Crippen LogP contribution in [-0.4, -0.2) is 9.97 Å². The smallest absolute Gasteiger partial charge is 0.275 e. The molecule has 2 heterocycles. The first-order valence-electron chi connectivity index (χ1n) is 4.97. The molecule has 3 rings (SSSR count). The van der Waals surface area contributed by atoms with Gasteiger partial charge in [0.25, 0.3) is 5.56 Å². The number of fused-ring (bicyclic) bond motifs is 1. The number of nitrogens with one attached hydrogen (secondary N) is 1. The molecule has 3 nitrogen and oxygen atoms in total. The molecule has 17 heavy (non-hydrogen) atoms. The Morgan fingerprint density at radius 2 is 2.18 bits per heavy atom. The molecule has 0 bridgehead atoms. The lowest BCUT2D eigenvalue weighted by molar-refractivity contribution is 1.23. The van der Waals surface area contributed by atoms with E-state index in [0.29, 0.717) is 5.69 Å². The Labute approximate surface area is 109 Å². The van der Waals surface area contributed by atoms with E-state index >= 15 is 0 Å². The van der Waals surface area contributed by atoms with Gasteiger partial charge in [-0.25, -0.2) is 4.98 Å². The molecule has 0 fully saturated rings. The van der Waals surface area contributed by atoms with Crippen LogP contribution in [0.4, 0.5) is 0 Å². The third-order valence-corrected chi connectivity index (χ3v) is 3.78. The first-order valence-corrected chi connectivity index (χ1v) is 6.65. The maximum atomic E-state index is 11.9. The monoisotopic (exact) mass is 306 g/mol. The quantitative estimate of drug-likeness (QED) is 0.749. The molecule has 0 amide bonds. The van der Waals surface area contributed by atoms with Crippen molar-refractivity contribution >= 4 is 38.3 Å². The van der Waals surface area contributed by atoms with Gasteiger partial charge in [0, 0.05) is 4.47 Å². The number of aromatic nitrogens is 2. The highest BCUT2D eigenvalue weighted by atomic mass is 79.9. The van der Waals surface area contributed by atoms with Crippen molar-refractivity contribution in [3.8, 4) is 10.6 Å². The number of thiophene rings is 1. The zero-order valence-corrected chi connectivity index (χ0v) is 11.0. The number of halogens is 1. The Morgan fingerprint density at radius 1 is 1.29 bits per heavy atom. The van der Waals surface area contributed by atoms with E-state index in [4.69, 9.17) is 0 Å². The largest absolute Gasteiger partial charge is 0.319 e. The van der Waals surface area contributed by atoms with E-state index in [9.17, 15) is 4.79 Å². The number of nitrogens with zero attached hydrogens (tertiary/aromatic N) is 1. The minimum Gasteiger partial charge on any atom is -0.319 e. The zero-order chi connectivity index (χ0) is 11.8. The molecule has 0 aliphatic rings. The third kappa shape index (κ3) is 1.92. The number of hydrogen-bond acceptors (Lipinski definition) is 3. The third-order valence-electron chi connectivity index (χ3n) is 2.41. The first-order chi connectivity index (χ1) is 8.24. The van der Waals surface area contributed by atoms with Gasteiger partial charge >= 0.3 is 0 Å². The fourth-order valence-electron chi connectivity index (χ4n) is 1.64. The highest BCUT2D eigenvalue weighted by Gasteiger charge is 2.08. The molecule has 1 N–H and O–H groups in total. The Morgan fingerprint density at radius 3 is 2.94 bits per heavy atom. The highest BCUT2D eigenvalue weighted by Crippen LogP contribution is 2.22. The maximum absolute atomic E-state index is 11.9. The molecule has 5 heteroatoms. The van der Waals surface area contributed by atoms with Gasteiger partial charge in [0.1, 0.15) is 5.69 Å². The highest BCUT2D eigenvalue weighted by molar-refractivity contribution is 9.10. The lowest BCUT2D eigenvalue weighted by atomic mass is 10.3. The molecule has 1 aromatic carbocycles. The molecule has 0 aliphatic heterocycles. The van der Waals surface area contributed by atoms with Crippen LogP contribution < -0.4 is 5.56 Å². The van der Waals surface area contributed by atoms with E-state index in [0.717, 1.165) is 20.4 Å². The summed E-state index contributed by atoms with van der Waals surface area (Å²) in [6.45, 7) is 0. The number of hydrogen-bond donors (Lipinski definition) is 1. The van der Waals surface area contributed by atoms with Gasteiger partial charge in [0.05, 0.1) is 15.9 Å². The lowest BCUT2D eigenvalue weighted by Crippen LogP contribution is -2.10. The van der Waals surface area contributed by atoms with Crippen molar-refractivity contribution in [3.63, 3.8) is 0 Å². The number of benzene rings is 1. The summed E-state index contributed by atoms with van der Waals surface area (Å²) in [6.07, 6.45) is 0. The van der Waals surface area contributed by atoms with Gasteiger partial charge in [-0.15, -0.1) is 11.3 Å². The Bertz CT molecular complexity index is 734. The summed E-state index contributed by atoms with van der Waals surface area (Å²) >= 11 is 4.90. The van der Waals surface area contributed by atoms with Crippen LogP contribution >= 0.6 is 27.3 Å². The van der Waals surface area contributed by atoms with Gasteiger partial charge in [0.15, 0.2) is 0 Å². The predicted octanol–water partition coefficient (Wildman–Crippen LogP) is 3.41. The fraction of sp³-hybridized carbons (Fsp3) is 0. The van der Waals surface area contributed by atoms with Crippen molar-refractivity contribution in [1.29, 1.82) is 0 Å². The fourth-order valence-corrected chi connectivity index (χ4v) is 2.70. The Kier molecular flexibility index (Phi) is 2.57. The first kappa shape index (κ1) is 10.7. The summed E-state index contributed by atoms with van der Waals surface area (Å²) in [5.41, 5.74) is 1.86. The average molecular weight is 307 g/mol. The molecule has 0 atom stereocenters. The molecule has 0 radical (unpaired) electrons. The summed E-state index contributed by atoms with van der Waals surface area (Å²) in [7, 11) is 0. The minimum atomic E-state index is -0.151. The van der Waals surface area contributed by atoms with Crippen LogP contribution in [0.15, 0.2) is 45.0 Å². The summed E-state index contributed by atoms with van der Waals surface area (Å²) in [6, 6.07) is 9.41. The van der Waals surface area contributed by atoms with Crippen molar-refractivity contribution in [2.24, 2.45) is 0 Å². The minimum absolute atomic E-state index is 0.151. The Hall–Kier alpha value is -1.46. The second kappa shape index (κ2) is 4.09. The van der Waals surface area contributed by atoms with E-state index in [1.165, 1.54) is 11.3 Å². The van der Waals surface area contributed by atoms with Crippen molar-refractivity contribution in [2.45, 2.75) is 0 Å². The van der Waals surface area contributed by atoms with E-state index in [-0.39, 0.29) is 5.56 Å². The van der Waals surface area contributed by atoms with E-state index < -0.39 is 0 Å². The van der Waals surface area contributed by atoms with Crippen molar-refractivity contribution in [2.75, 3.05) is 0 Å². The van der Waals surface area contributed by atoms with Gasteiger partial charge in [0.2, 0.25) is 0 Å².